The molecule has 208 valence electrons. The fourth-order valence-electron chi connectivity index (χ4n) is 4.82. The van der Waals surface area contributed by atoms with Crippen LogP contribution in [-0.2, 0) is 9.59 Å². The SMILES string of the molecule is C=CCCCCC(=O)N(CC(F)(F)F)C1C=C(C(=O)NCCO)C2c3cc(C=O)cc(OC)c3OC2C1O. The van der Waals surface area contributed by atoms with Crippen molar-refractivity contribution in [3.63, 3.8) is 0 Å². The number of aldehydes is 1. The van der Waals surface area contributed by atoms with E-state index < -0.39 is 55.3 Å². The van der Waals surface area contributed by atoms with Gasteiger partial charge in [-0.3, -0.25) is 14.4 Å². The van der Waals surface area contributed by atoms with Crippen molar-refractivity contribution in [2.75, 3.05) is 26.8 Å². The van der Waals surface area contributed by atoms with Gasteiger partial charge in [0.25, 0.3) is 0 Å². The van der Waals surface area contributed by atoms with Crippen molar-refractivity contribution in [3.8, 4) is 11.5 Å². The number of amides is 2. The second-order valence-electron chi connectivity index (χ2n) is 9.07. The number of nitrogens with one attached hydrogen (secondary N) is 1. The van der Waals surface area contributed by atoms with Gasteiger partial charge in [0, 0.05) is 29.7 Å². The van der Waals surface area contributed by atoms with Gasteiger partial charge >= 0.3 is 6.18 Å². The lowest BCUT2D eigenvalue weighted by molar-refractivity contribution is -0.170. The number of halogens is 3. The van der Waals surface area contributed by atoms with Gasteiger partial charge in [0.15, 0.2) is 11.5 Å². The molecule has 1 aromatic rings. The van der Waals surface area contributed by atoms with Crippen molar-refractivity contribution < 1.29 is 47.2 Å². The monoisotopic (exact) mass is 540 g/mol. The van der Waals surface area contributed by atoms with E-state index in [1.807, 2.05) is 0 Å². The minimum absolute atomic E-state index is 0.0609. The van der Waals surface area contributed by atoms with Gasteiger partial charge in [-0.2, -0.15) is 13.2 Å². The fraction of sp³-hybridized carbons (Fsp3) is 0.500. The summed E-state index contributed by atoms with van der Waals surface area (Å²) >= 11 is 0. The van der Waals surface area contributed by atoms with E-state index in [0.29, 0.717) is 36.0 Å². The Balaban J connectivity index is 2.08. The van der Waals surface area contributed by atoms with Gasteiger partial charge in [-0.05, 0) is 37.5 Å². The summed E-state index contributed by atoms with van der Waals surface area (Å²) in [6, 6.07) is 1.31. The predicted octanol–water partition coefficient (Wildman–Crippen LogP) is 2.27. The van der Waals surface area contributed by atoms with Crippen LogP contribution in [0, 0.1) is 0 Å². The minimum Gasteiger partial charge on any atom is -0.493 e. The number of nitrogens with zero attached hydrogens (tertiary/aromatic N) is 1. The molecule has 0 bridgehead atoms. The van der Waals surface area contributed by atoms with Crippen LogP contribution in [0.4, 0.5) is 13.2 Å². The number of methoxy groups -OCH3 is 1. The number of carbonyl (C=O) groups is 3. The van der Waals surface area contributed by atoms with E-state index in [2.05, 4.69) is 11.9 Å². The molecule has 1 aliphatic carbocycles. The third-order valence-corrected chi connectivity index (χ3v) is 6.49. The Labute approximate surface area is 217 Å². The van der Waals surface area contributed by atoms with E-state index in [4.69, 9.17) is 14.6 Å². The molecule has 0 radical (unpaired) electrons. The number of hydrogen-bond acceptors (Lipinski definition) is 7. The van der Waals surface area contributed by atoms with E-state index in [1.54, 1.807) is 6.08 Å². The minimum atomic E-state index is -4.78. The van der Waals surface area contributed by atoms with Crippen LogP contribution in [0.2, 0.25) is 0 Å². The van der Waals surface area contributed by atoms with Crippen molar-refractivity contribution in [2.24, 2.45) is 0 Å². The number of allylic oxidation sites excluding steroid dienone is 1. The van der Waals surface area contributed by atoms with Gasteiger partial charge in [0.2, 0.25) is 11.8 Å². The third kappa shape index (κ3) is 6.36. The normalized spacial score (nSPS) is 21.9. The number of unbranched alkanes of at least 4 members (excludes halogenated alkanes) is 2. The van der Waals surface area contributed by atoms with Crippen LogP contribution >= 0.6 is 0 Å². The summed E-state index contributed by atoms with van der Waals surface area (Å²) < 4.78 is 52.0. The predicted molar refractivity (Wildman–Crippen MR) is 130 cm³/mol. The number of fused-ring (bicyclic) bond motifs is 3. The van der Waals surface area contributed by atoms with E-state index in [9.17, 15) is 32.7 Å². The van der Waals surface area contributed by atoms with Crippen LogP contribution in [0.15, 0.2) is 36.4 Å². The summed E-state index contributed by atoms with van der Waals surface area (Å²) in [6.45, 7) is 1.41. The van der Waals surface area contributed by atoms with Gasteiger partial charge in [0.05, 0.1) is 25.7 Å². The van der Waals surface area contributed by atoms with E-state index in [-0.39, 0.29) is 35.6 Å². The number of aliphatic hydroxyl groups excluding tert-OH is 2. The molecule has 0 aromatic heterocycles. The van der Waals surface area contributed by atoms with Crippen LogP contribution in [0.1, 0.15) is 47.5 Å². The Kier molecular flexibility index (Phi) is 9.55. The second-order valence-corrected chi connectivity index (χ2v) is 9.07. The molecular weight excluding hydrogens is 509 g/mol. The van der Waals surface area contributed by atoms with E-state index in [0.717, 1.165) is 6.08 Å². The summed E-state index contributed by atoms with van der Waals surface area (Å²) in [5.74, 6) is -2.26. The maximum Gasteiger partial charge on any atom is 0.406 e. The number of benzene rings is 1. The average Bonchev–Trinajstić information content (AvgIpc) is 3.27. The van der Waals surface area contributed by atoms with Crippen LogP contribution in [0.25, 0.3) is 0 Å². The molecule has 1 heterocycles. The molecule has 1 aliphatic heterocycles. The second kappa shape index (κ2) is 12.4. The lowest BCUT2D eigenvalue weighted by Gasteiger charge is -2.41. The number of rotatable bonds is 12. The van der Waals surface area contributed by atoms with E-state index >= 15 is 0 Å². The first-order chi connectivity index (χ1) is 18.1. The zero-order valence-electron chi connectivity index (χ0n) is 20.9. The van der Waals surface area contributed by atoms with Crippen LogP contribution in [0.3, 0.4) is 0 Å². The van der Waals surface area contributed by atoms with Crippen LogP contribution < -0.4 is 14.8 Å². The van der Waals surface area contributed by atoms with Crippen molar-refractivity contribution in [2.45, 2.75) is 56.0 Å². The Bertz CT molecular complexity index is 1090. The first-order valence-corrected chi connectivity index (χ1v) is 12.2. The zero-order valence-corrected chi connectivity index (χ0v) is 20.9. The average molecular weight is 541 g/mol. The molecule has 3 rings (SSSR count). The van der Waals surface area contributed by atoms with Gasteiger partial charge in [-0.25, -0.2) is 0 Å². The Hall–Kier alpha value is -3.38. The standard InChI is InChI=1S/C26H31F3N2O7/c1-3-4-5-6-7-20(34)31(14-26(27,28)29)18-12-17(25(36)30-8-9-32)21-16-10-15(13-33)11-19(37-2)23(16)38-24(21)22(18)35/h3,10-13,18,21-22,24,32,35H,1,4-9,14H2,2H3,(H,30,36). The molecule has 9 nitrogen and oxygen atoms in total. The van der Waals surface area contributed by atoms with Gasteiger partial charge in [-0.15, -0.1) is 6.58 Å². The fourth-order valence-corrected chi connectivity index (χ4v) is 4.82. The first-order valence-electron chi connectivity index (χ1n) is 12.2. The molecule has 0 fully saturated rings. The van der Waals surface area contributed by atoms with Crippen molar-refractivity contribution >= 4 is 18.1 Å². The molecule has 4 atom stereocenters. The van der Waals surface area contributed by atoms with Gasteiger partial charge in [0.1, 0.15) is 25.0 Å². The smallest absolute Gasteiger partial charge is 0.406 e. The third-order valence-electron chi connectivity index (χ3n) is 6.49. The molecular formula is C26H31F3N2O7. The summed E-state index contributed by atoms with van der Waals surface area (Å²) in [7, 11) is 1.33. The van der Waals surface area contributed by atoms with Crippen LogP contribution in [-0.4, -0.2) is 84.4 Å². The number of carbonyl (C=O) groups excluding carboxylic acids is 3. The number of ether oxygens (including phenoxy) is 2. The highest BCUT2D eigenvalue weighted by atomic mass is 19.4. The number of alkyl halides is 3. The van der Waals surface area contributed by atoms with Crippen molar-refractivity contribution in [3.05, 3.63) is 47.6 Å². The summed E-state index contributed by atoms with van der Waals surface area (Å²) in [5.41, 5.74) is 0.469. The Morgan fingerprint density at radius 2 is 2.03 bits per heavy atom. The molecule has 2 aliphatic rings. The van der Waals surface area contributed by atoms with E-state index in [1.165, 1.54) is 19.2 Å². The summed E-state index contributed by atoms with van der Waals surface area (Å²) in [4.78, 5) is 38.2. The number of hydrogen-bond donors (Lipinski definition) is 3. The number of aliphatic hydroxyl groups is 2. The molecule has 4 unspecified atom stereocenters. The largest absolute Gasteiger partial charge is 0.493 e. The Morgan fingerprint density at radius 3 is 2.63 bits per heavy atom. The highest BCUT2D eigenvalue weighted by Crippen LogP contribution is 2.51. The molecule has 38 heavy (non-hydrogen) atoms. The maximum absolute atomic E-state index is 13.6. The lowest BCUT2D eigenvalue weighted by atomic mass is 9.77. The van der Waals surface area contributed by atoms with Gasteiger partial charge < -0.3 is 29.9 Å². The molecule has 0 saturated heterocycles. The molecule has 12 heteroatoms. The zero-order chi connectivity index (χ0) is 28.0. The molecule has 3 N–H and O–H groups in total. The Morgan fingerprint density at radius 1 is 1.29 bits per heavy atom. The lowest BCUT2D eigenvalue weighted by Crippen LogP contribution is -2.57. The summed E-state index contributed by atoms with van der Waals surface area (Å²) in [6.07, 6.45) is -3.07. The maximum atomic E-state index is 13.6. The quantitative estimate of drug-likeness (QED) is 0.211. The highest BCUT2D eigenvalue weighted by molar-refractivity contribution is 5.96. The molecule has 2 amide bonds. The first kappa shape index (κ1) is 29.2. The van der Waals surface area contributed by atoms with Crippen LogP contribution in [0.5, 0.6) is 11.5 Å². The highest BCUT2D eigenvalue weighted by Gasteiger charge is 2.52. The van der Waals surface area contributed by atoms with Crippen molar-refractivity contribution in [1.29, 1.82) is 0 Å². The summed E-state index contributed by atoms with van der Waals surface area (Å²) in [5, 5.41) is 22.9. The van der Waals surface area contributed by atoms with Gasteiger partial charge in [-0.1, -0.05) is 6.08 Å². The van der Waals surface area contributed by atoms with Crippen molar-refractivity contribution in [1.82, 2.24) is 10.2 Å². The molecule has 1 aromatic carbocycles. The topological polar surface area (TPSA) is 125 Å². The molecule has 0 spiro atoms. The molecule has 0 saturated carbocycles.